The van der Waals surface area contributed by atoms with Gasteiger partial charge in [0, 0.05) is 31.5 Å². The summed E-state index contributed by atoms with van der Waals surface area (Å²) in [5, 5.41) is 4.45. The summed E-state index contributed by atoms with van der Waals surface area (Å²) >= 11 is 0. The molecule has 5 rings (SSSR count). The van der Waals surface area contributed by atoms with Crippen molar-refractivity contribution >= 4 is 16.9 Å². The number of hydrogen-bond donors (Lipinski definition) is 1. The lowest BCUT2D eigenvalue weighted by Gasteiger charge is -2.47. The van der Waals surface area contributed by atoms with E-state index >= 15 is 0 Å². The van der Waals surface area contributed by atoms with Crippen LogP contribution < -0.4 is 5.73 Å². The molecular formula is C19H21F3N8O. The SMILES string of the molecule is NC(=O)c1nc(-n2ccnc2)nc2cnn(C3CCC(N4CC(C(F)(F)F)C4)CC3)c12. The van der Waals surface area contributed by atoms with E-state index in [-0.39, 0.29) is 36.8 Å². The van der Waals surface area contributed by atoms with Gasteiger partial charge in [0.05, 0.1) is 18.2 Å². The molecule has 0 unspecified atom stereocenters. The van der Waals surface area contributed by atoms with Crippen molar-refractivity contribution in [3.8, 4) is 5.95 Å². The molecule has 12 heteroatoms. The van der Waals surface area contributed by atoms with Crippen LogP contribution in [0.25, 0.3) is 17.0 Å². The molecule has 2 fully saturated rings. The first-order valence-corrected chi connectivity index (χ1v) is 10.2. The first kappa shape index (κ1) is 19.9. The molecule has 0 radical (unpaired) electrons. The Hall–Kier alpha value is -3.02. The molecule has 31 heavy (non-hydrogen) atoms. The highest BCUT2D eigenvalue weighted by atomic mass is 19.4. The second-order valence-electron chi connectivity index (χ2n) is 8.18. The monoisotopic (exact) mass is 434 g/mol. The van der Waals surface area contributed by atoms with Gasteiger partial charge in [-0.15, -0.1) is 0 Å². The van der Waals surface area contributed by atoms with Crippen LogP contribution in [0.1, 0.15) is 42.2 Å². The smallest absolute Gasteiger partial charge is 0.364 e. The van der Waals surface area contributed by atoms with Gasteiger partial charge in [0.15, 0.2) is 5.69 Å². The molecule has 0 spiro atoms. The minimum absolute atomic E-state index is 0.00855. The van der Waals surface area contributed by atoms with E-state index in [0.717, 1.165) is 25.7 Å². The maximum absolute atomic E-state index is 12.8. The normalized spacial score (nSPS) is 23.2. The fourth-order valence-electron chi connectivity index (χ4n) is 4.58. The molecule has 1 amide bonds. The largest absolute Gasteiger partial charge is 0.394 e. The number of hydrogen-bond acceptors (Lipinski definition) is 6. The summed E-state index contributed by atoms with van der Waals surface area (Å²) in [4.78, 5) is 26.8. The van der Waals surface area contributed by atoms with Gasteiger partial charge >= 0.3 is 6.18 Å². The summed E-state index contributed by atoms with van der Waals surface area (Å²) in [6, 6.07) is 0.158. The van der Waals surface area contributed by atoms with Crippen LogP contribution in [0.15, 0.2) is 24.9 Å². The zero-order chi connectivity index (χ0) is 21.8. The highest BCUT2D eigenvalue weighted by molar-refractivity contribution is 6.02. The van der Waals surface area contributed by atoms with Crippen molar-refractivity contribution in [2.24, 2.45) is 11.7 Å². The van der Waals surface area contributed by atoms with Crippen molar-refractivity contribution in [2.45, 2.75) is 43.9 Å². The molecule has 164 valence electrons. The van der Waals surface area contributed by atoms with Gasteiger partial charge in [-0.3, -0.25) is 18.9 Å². The Balaban J connectivity index is 1.35. The fraction of sp³-hybridized carbons (Fsp3) is 0.526. The Labute approximate surface area is 175 Å². The van der Waals surface area contributed by atoms with Crippen molar-refractivity contribution in [3.05, 3.63) is 30.6 Å². The van der Waals surface area contributed by atoms with Crippen LogP contribution in [-0.2, 0) is 0 Å². The van der Waals surface area contributed by atoms with Crippen molar-refractivity contribution in [3.63, 3.8) is 0 Å². The van der Waals surface area contributed by atoms with E-state index in [1.807, 2.05) is 4.90 Å². The fourth-order valence-corrected chi connectivity index (χ4v) is 4.58. The van der Waals surface area contributed by atoms with E-state index in [1.165, 1.54) is 6.33 Å². The number of carbonyl (C=O) groups is 1. The summed E-state index contributed by atoms with van der Waals surface area (Å²) in [5.74, 6) is -1.61. The minimum atomic E-state index is -4.11. The number of halogens is 3. The van der Waals surface area contributed by atoms with Crippen LogP contribution in [0.5, 0.6) is 0 Å². The number of nitrogens with zero attached hydrogens (tertiary/aromatic N) is 7. The third-order valence-electron chi connectivity index (χ3n) is 6.30. The van der Waals surface area contributed by atoms with Crippen LogP contribution in [0.3, 0.4) is 0 Å². The molecule has 1 saturated carbocycles. The molecule has 0 bridgehead atoms. The molecule has 0 aromatic carbocycles. The van der Waals surface area contributed by atoms with Crippen molar-refractivity contribution in [1.82, 2.24) is 34.2 Å². The second-order valence-corrected chi connectivity index (χ2v) is 8.18. The molecule has 4 heterocycles. The highest BCUT2D eigenvalue weighted by Crippen LogP contribution is 2.39. The Kier molecular flexibility index (Phi) is 4.68. The molecule has 3 aromatic heterocycles. The third-order valence-corrected chi connectivity index (χ3v) is 6.30. The number of alkyl halides is 3. The number of fused-ring (bicyclic) bond motifs is 1. The lowest BCUT2D eigenvalue weighted by atomic mass is 9.86. The standard InChI is InChI=1S/C19H21F3N8O/c20-19(21,22)11-8-29(9-11)12-1-3-13(4-2-12)30-16-14(7-25-30)26-18(27-15(16)17(23)31)28-6-5-24-10-28/h5-7,10-13H,1-4,8-9H2,(H2,23,31). The topological polar surface area (TPSA) is 108 Å². The molecule has 2 aliphatic rings. The summed E-state index contributed by atoms with van der Waals surface area (Å²) in [6.45, 7) is 0.167. The maximum Gasteiger partial charge on any atom is 0.394 e. The summed E-state index contributed by atoms with van der Waals surface area (Å²) in [6.07, 6.45) is 5.28. The number of amides is 1. The van der Waals surface area contributed by atoms with Gasteiger partial charge in [0.2, 0.25) is 5.95 Å². The van der Waals surface area contributed by atoms with Gasteiger partial charge in [0.1, 0.15) is 17.4 Å². The molecule has 1 aliphatic heterocycles. The molecule has 9 nitrogen and oxygen atoms in total. The Morgan fingerprint density at radius 2 is 1.81 bits per heavy atom. The average molecular weight is 434 g/mol. The summed E-state index contributed by atoms with van der Waals surface area (Å²) < 4.78 is 41.6. The molecule has 1 aliphatic carbocycles. The van der Waals surface area contributed by atoms with Crippen molar-refractivity contribution < 1.29 is 18.0 Å². The number of aromatic nitrogens is 6. The van der Waals surface area contributed by atoms with Crippen LogP contribution in [-0.4, -0.2) is 65.4 Å². The number of primary amides is 1. The quantitative estimate of drug-likeness (QED) is 0.674. The Morgan fingerprint density at radius 3 is 2.42 bits per heavy atom. The van der Waals surface area contributed by atoms with Crippen LogP contribution >= 0.6 is 0 Å². The molecular weight excluding hydrogens is 413 g/mol. The van der Waals surface area contributed by atoms with E-state index in [4.69, 9.17) is 5.73 Å². The summed E-state index contributed by atoms with van der Waals surface area (Å²) in [7, 11) is 0. The van der Waals surface area contributed by atoms with Gasteiger partial charge in [0.25, 0.3) is 5.91 Å². The van der Waals surface area contributed by atoms with Gasteiger partial charge in [-0.1, -0.05) is 0 Å². The van der Waals surface area contributed by atoms with E-state index < -0.39 is 18.0 Å². The van der Waals surface area contributed by atoms with Crippen LogP contribution in [0.4, 0.5) is 13.2 Å². The zero-order valence-corrected chi connectivity index (χ0v) is 16.5. The van der Waals surface area contributed by atoms with Gasteiger partial charge in [-0.2, -0.15) is 18.3 Å². The molecule has 0 atom stereocenters. The van der Waals surface area contributed by atoms with Crippen LogP contribution in [0, 0.1) is 5.92 Å². The van der Waals surface area contributed by atoms with Gasteiger partial charge < -0.3 is 5.73 Å². The molecule has 3 aromatic rings. The summed E-state index contributed by atoms with van der Waals surface area (Å²) in [5.41, 5.74) is 6.68. The van der Waals surface area contributed by atoms with Crippen molar-refractivity contribution in [1.29, 1.82) is 0 Å². The van der Waals surface area contributed by atoms with Gasteiger partial charge in [-0.25, -0.2) is 15.0 Å². The van der Waals surface area contributed by atoms with E-state index in [2.05, 4.69) is 20.1 Å². The highest BCUT2D eigenvalue weighted by Gasteiger charge is 2.49. The maximum atomic E-state index is 12.8. The number of carbonyl (C=O) groups excluding carboxylic acids is 1. The molecule has 1 saturated heterocycles. The van der Waals surface area contributed by atoms with E-state index in [1.54, 1.807) is 27.8 Å². The lowest BCUT2D eigenvalue weighted by Crippen LogP contribution is -2.57. The lowest BCUT2D eigenvalue weighted by molar-refractivity contribution is -0.215. The molecule has 2 N–H and O–H groups in total. The number of likely N-dealkylation sites (tertiary alicyclic amines) is 1. The first-order valence-electron chi connectivity index (χ1n) is 10.2. The van der Waals surface area contributed by atoms with E-state index in [9.17, 15) is 18.0 Å². The second kappa shape index (κ2) is 7.29. The predicted molar refractivity (Wildman–Crippen MR) is 103 cm³/mol. The zero-order valence-electron chi connectivity index (χ0n) is 16.5. The van der Waals surface area contributed by atoms with E-state index in [0.29, 0.717) is 11.0 Å². The predicted octanol–water partition coefficient (Wildman–Crippen LogP) is 2.09. The average Bonchev–Trinajstić information content (AvgIpc) is 3.35. The van der Waals surface area contributed by atoms with Crippen LogP contribution in [0.2, 0.25) is 0 Å². The number of nitrogens with two attached hydrogens (primary N) is 1. The third kappa shape index (κ3) is 3.54. The first-order chi connectivity index (χ1) is 14.8. The Bertz CT molecular complexity index is 1100. The van der Waals surface area contributed by atoms with Gasteiger partial charge in [-0.05, 0) is 25.7 Å². The van der Waals surface area contributed by atoms with Crippen molar-refractivity contribution in [2.75, 3.05) is 13.1 Å². The number of rotatable bonds is 4. The Morgan fingerprint density at radius 1 is 1.10 bits per heavy atom. The minimum Gasteiger partial charge on any atom is -0.364 e. The number of imidazole rings is 1.